The van der Waals surface area contributed by atoms with Crippen molar-refractivity contribution in [1.29, 1.82) is 5.26 Å². The lowest BCUT2D eigenvalue weighted by atomic mass is 9.60. The molecule has 2 heterocycles. The molecular weight excluding hydrogens is 527 g/mol. The fourth-order valence-electron chi connectivity index (χ4n) is 5.39. The van der Waals surface area contributed by atoms with E-state index in [2.05, 4.69) is 15.0 Å². The monoisotopic (exact) mass is 556 g/mol. The van der Waals surface area contributed by atoms with E-state index < -0.39 is 28.4 Å². The molecule has 13 heteroatoms. The number of benzene rings is 2. The van der Waals surface area contributed by atoms with E-state index in [4.69, 9.17) is 9.84 Å². The molecule has 1 spiro atoms. The molecule has 0 amide bonds. The molecule has 2 aliphatic rings. The van der Waals surface area contributed by atoms with E-state index >= 15 is 0 Å². The minimum atomic E-state index is -4.13. The number of piperidine rings is 1. The Bertz CT molecular complexity index is 1610. The number of nitrogens with one attached hydrogen (secondary N) is 2. The molecule has 0 atom stereocenters. The van der Waals surface area contributed by atoms with Crippen molar-refractivity contribution < 1.29 is 22.7 Å². The Kier molecular flexibility index (Phi) is 7.30. The fraction of sp³-hybridized carbons (Fsp3) is 0.423. The number of ether oxygens (including phenoxy) is 1. The van der Waals surface area contributed by atoms with Crippen LogP contribution >= 0.6 is 0 Å². The smallest absolute Gasteiger partial charge is 0.301 e. The van der Waals surface area contributed by atoms with Crippen LogP contribution < -0.4 is 20.3 Å². The highest BCUT2D eigenvalue weighted by atomic mass is 32.2. The van der Waals surface area contributed by atoms with Crippen LogP contribution in [0, 0.1) is 22.6 Å². The summed E-state index contributed by atoms with van der Waals surface area (Å²) in [6.45, 7) is 1.39. The number of fused-ring (bicyclic) bond motifs is 1. The summed E-state index contributed by atoms with van der Waals surface area (Å²) in [5.41, 5.74) is -0.0655. The van der Waals surface area contributed by atoms with Crippen molar-refractivity contribution in [2.45, 2.75) is 31.7 Å². The largest absolute Gasteiger partial charge is 0.453 e. The Morgan fingerprint density at radius 3 is 2.74 bits per heavy atom. The van der Waals surface area contributed by atoms with Crippen LogP contribution in [0.25, 0.3) is 10.9 Å². The standard InChI is InChI=1S/C26H29FN6O5S/c1-32(10-11-34)39(36,37)31-23-5-3-21(27)24(20(23)15-28)38-18-2-4-22-19(12-18)25(35)33(16-30-22)17-13-26(14-17)6-8-29-9-7-26/h2-5,12,16-17,29,31,34H,6-11,13-14H2,1H3. The van der Waals surface area contributed by atoms with Gasteiger partial charge in [-0.1, -0.05) is 0 Å². The van der Waals surface area contributed by atoms with Crippen molar-refractivity contribution in [3.63, 3.8) is 0 Å². The minimum absolute atomic E-state index is 0.0633. The zero-order chi connectivity index (χ0) is 27.8. The minimum Gasteiger partial charge on any atom is -0.453 e. The SMILES string of the molecule is CN(CCO)S(=O)(=O)Nc1ccc(F)c(Oc2ccc3ncn(C4CC5(CCNCC5)C4)c(=O)c3c2)c1C#N. The van der Waals surface area contributed by atoms with E-state index in [1.165, 1.54) is 19.2 Å². The van der Waals surface area contributed by atoms with Gasteiger partial charge in [0.1, 0.15) is 17.4 Å². The molecule has 3 N–H and O–H groups in total. The summed E-state index contributed by atoms with van der Waals surface area (Å²) in [7, 11) is -2.88. The molecule has 0 bridgehead atoms. The average Bonchev–Trinajstić information content (AvgIpc) is 2.90. The molecule has 1 aromatic heterocycles. The lowest BCUT2D eigenvalue weighted by Crippen LogP contribution is -2.47. The van der Waals surface area contributed by atoms with E-state index in [0.717, 1.165) is 55.2 Å². The van der Waals surface area contributed by atoms with Gasteiger partial charge in [0.2, 0.25) is 0 Å². The summed E-state index contributed by atoms with van der Waals surface area (Å²) < 4.78 is 50.3. The number of anilines is 1. The summed E-state index contributed by atoms with van der Waals surface area (Å²) in [6.07, 6.45) is 5.60. The van der Waals surface area contributed by atoms with E-state index in [-0.39, 0.29) is 40.6 Å². The van der Waals surface area contributed by atoms with Gasteiger partial charge in [0.15, 0.2) is 11.6 Å². The Balaban J connectivity index is 1.44. The topological polar surface area (TPSA) is 150 Å². The second kappa shape index (κ2) is 10.5. The number of hydrogen-bond acceptors (Lipinski definition) is 8. The van der Waals surface area contributed by atoms with Crippen LogP contribution in [0.4, 0.5) is 10.1 Å². The predicted molar refractivity (Wildman–Crippen MR) is 142 cm³/mol. The average molecular weight is 557 g/mol. The Morgan fingerprint density at radius 1 is 1.31 bits per heavy atom. The lowest BCUT2D eigenvalue weighted by Gasteiger charge is -2.50. The van der Waals surface area contributed by atoms with Crippen molar-refractivity contribution in [3.8, 4) is 17.6 Å². The number of aliphatic hydroxyl groups is 1. The fourth-order valence-corrected chi connectivity index (χ4v) is 6.32. The summed E-state index contributed by atoms with van der Waals surface area (Å²) in [5.74, 6) is -1.28. The Labute approximate surface area is 225 Å². The van der Waals surface area contributed by atoms with Gasteiger partial charge >= 0.3 is 10.2 Å². The number of rotatable bonds is 8. The molecule has 1 aliphatic heterocycles. The number of hydrogen-bond donors (Lipinski definition) is 3. The second-order valence-electron chi connectivity index (χ2n) is 10.1. The van der Waals surface area contributed by atoms with Gasteiger partial charge in [0, 0.05) is 19.6 Å². The first kappa shape index (κ1) is 27.0. The summed E-state index contributed by atoms with van der Waals surface area (Å²) in [6, 6.07) is 8.47. The number of aliphatic hydroxyl groups excluding tert-OH is 1. The summed E-state index contributed by atoms with van der Waals surface area (Å²) >= 11 is 0. The molecular formula is C26H29FN6O5S. The van der Waals surface area contributed by atoms with Gasteiger partial charge in [-0.3, -0.25) is 14.1 Å². The second-order valence-corrected chi connectivity index (χ2v) is 11.9. The van der Waals surface area contributed by atoms with Gasteiger partial charge < -0.3 is 15.2 Å². The molecule has 2 fully saturated rings. The van der Waals surface area contributed by atoms with Crippen LogP contribution in [0.3, 0.4) is 0 Å². The molecule has 1 saturated heterocycles. The Morgan fingerprint density at radius 2 is 2.05 bits per heavy atom. The van der Waals surface area contributed by atoms with E-state index in [1.54, 1.807) is 23.0 Å². The molecule has 3 aromatic rings. The maximum atomic E-state index is 14.8. The third-order valence-corrected chi connectivity index (χ3v) is 9.14. The van der Waals surface area contributed by atoms with Crippen molar-refractivity contribution in [2.75, 3.05) is 38.0 Å². The van der Waals surface area contributed by atoms with Crippen LogP contribution in [0.1, 0.15) is 37.3 Å². The van der Waals surface area contributed by atoms with E-state index in [9.17, 15) is 22.9 Å². The first-order valence-electron chi connectivity index (χ1n) is 12.6. The van der Waals surface area contributed by atoms with Gasteiger partial charge in [-0.2, -0.15) is 18.0 Å². The molecule has 1 saturated carbocycles. The molecule has 1 aliphatic carbocycles. The highest BCUT2D eigenvalue weighted by molar-refractivity contribution is 7.90. The van der Waals surface area contributed by atoms with Crippen LogP contribution in [0.15, 0.2) is 41.5 Å². The van der Waals surface area contributed by atoms with E-state index in [0.29, 0.717) is 10.9 Å². The number of aromatic nitrogens is 2. The lowest BCUT2D eigenvalue weighted by molar-refractivity contribution is 0.0270. The van der Waals surface area contributed by atoms with Crippen LogP contribution in [0.5, 0.6) is 11.5 Å². The highest BCUT2D eigenvalue weighted by Crippen LogP contribution is 2.53. The number of halogens is 1. The summed E-state index contributed by atoms with van der Waals surface area (Å²) in [5, 5.41) is 22.5. The third-order valence-electron chi connectivity index (χ3n) is 7.65. The number of likely N-dealkylation sites (N-methyl/N-ethyl adjacent to an activating group) is 1. The molecule has 2 aromatic carbocycles. The normalized spacial score (nSPS) is 17.2. The zero-order valence-corrected chi connectivity index (χ0v) is 22.2. The van der Waals surface area contributed by atoms with E-state index in [1.807, 2.05) is 0 Å². The number of nitriles is 1. The molecule has 0 unspecified atom stereocenters. The van der Waals surface area contributed by atoms with Crippen LogP contribution in [-0.4, -0.2) is 60.7 Å². The highest BCUT2D eigenvalue weighted by Gasteiger charge is 2.45. The predicted octanol–water partition coefficient (Wildman–Crippen LogP) is 2.49. The zero-order valence-electron chi connectivity index (χ0n) is 21.4. The van der Waals surface area contributed by atoms with Gasteiger partial charge in [-0.15, -0.1) is 0 Å². The maximum Gasteiger partial charge on any atom is 0.301 e. The molecule has 39 heavy (non-hydrogen) atoms. The first-order chi connectivity index (χ1) is 18.7. The first-order valence-corrected chi connectivity index (χ1v) is 14.1. The maximum absolute atomic E-state index is 14.8. The van der Waals surface area contributed by atoms with Crippen molar-refractivity contribution in [2.24, 2.45) is 5.41 Å². The third kappa shape index (κ3) is 5.20. The van der Waals surface area contributed by atoms with Crippen LogP contribution in [-0.2, 0) is 10.2 Å². The van der Waals surface area contributed by atoms with Crippen molar-refractivity contribution in [1.82, 2.24) is 19.2 Å². The molecule has 11 nitrogen and oxygen atoms in total. The van der Waals surface area contributed by atoms with Crippen LogP contribution in [0.2, 0.25) is 0 Å². The number of nitrogens with zero attached hydrogens (tertiary/aromatic N) is 4. The van der Waals surface area contributed by atoms with Crippen molar-refractivity contribution in [3.05, 3.63) is 58.4 Å². The van der Waals surface area contributed by atoms with Gasteiger partial charge in [-0.25, -0.2) is 9.37 Å². The summed E-state index contributed by atoms with van der Waals surface area (Å²) in [4.78, 5) is 17.8. The quantitative estimate of drug-likeness (QED) is 0.383. The van der Waals surface area contributed by atoms with Gasteiger partial charge in [0.25, 0.3) is 5.56 Å². The molecule has 5 rings (SSSR count). The van der Waals surface area contributed by atoms with Crippen molar-refractivity contribution >= 4 is 26.8 Å². The Hall–Kier alpha value is -3.57. The van der Waals surface area contributed by atoms with Gasteiger partial charge in [-0.05, 0) is 74.5 Å². The molecule has 0 radical (unpaired) electrons. The molecule has 206 valence electrons. The van der Waals surface area contributed by atoms with Gasteiger partial charge in [0.05, 0.1) is 29.5 Å².